The van der Waals surface area contributed by atoms with E-state index in [0.717, 1.165) is 5.39 Å². The number of fused-ring (bicyclic) bond motifs is 1. The number of rotatable bonds is 3. The maximum absolute atomic E-state index is 13.1. The number of anilines is 1. The summed E-state index contributed by atoms with van der Waals surface area (Å²) in [7, 11) is 0. The molecule has 4 rings (SSSR count). The van der Waals surface area contributed by atoms with E-state index in [0.29, 0.717) is 49.5 Å². The van der Waals surface area contributed by atoms with Crippen molar-refractivity contribution in [2.75, 3.05) is 5.32 Å². The Bertz CT molecular complexity index is 1220. The fourth-order valence-corrected chi connectivity index (χ4v) is 3.65. The number of para-hydroxylation sites is 1. The molecule has 28 heavy (non-hydrogen) atoms. The molecule has 2 aromatic heterocycles. The van der Waals surface area contributed by atoms with Gasteiger partial charge in [-0.05, 0) is 43.7 Å². The highest BCUT2D eigenvalue weighted by molar-refractivity contribution is 6.36. The number of nitrogens with one attached hydrogen (secondary N) is 1. The quantitative estimate of drug-likeness (QED) is 0.444. The van der Waals surface area contributed by atoms with Crippen molar-refractivity contribution in [3.8, 4) is 11.3 Å². The molecule has 0 radical (unpaired) electrons. The molecule has 0 spiro atoms. The Hall–Kier alpha value is -2.89. The summed E-state index contributed by atoms with van der Waals surface area (Å²) in [6.45, 7) is 3.61. The molecule has 0 atom stereocenters. The van der Waals surface area contributed by atoms with Crippen molar-refractivity contribution in [2.45, 2.75) is 13.8 Å². The van der Waals surface area contributed by atoms with Gasteiger partial charge in [-0.2, -0.15) is 0 Å². The number of hydrogen-bond acceptors (Lipinski definition) is 4. The van der Waals surface area contributed by atoms with Gasteiger partial charge in [-0.1, -0.05) is 46.6 Å². The summed E-state index contributed by atoms with van der Waals surface area (Å²) >= 11 is 12.4. The van der Waals surface area contributed by atoms with Crippen LogP contribution in [0.3, 0.4) is 0 Å². The summed E-state index contributed by atoms with van der Waals surface area (Å²) in [6, 6.07) is 14.3. The van der Waals surface area contributed by atoms with Crippen LogP contribution in [0.5, 0.6) is 0 Å². The van der Waals surface area contributed by atoms with E-state index in [9.17, 15) is 4.79 Å². The van der Waals surface area contributed by atoms with Gasteiger partial charge >= 0.3 is 0 Å². The number of halogens is 2. The lowest BCUT2D eigenvalue weighted by molar-refractivity contribution is 0.102. The topological polar surface area (TPSA) is 68.0 Å². The summed E-state index contributed by atoms with van der Waals surface area (Å²) in [5, 5.41) is 8.37. The molecule has 0 fully saturated rings. The van der Waals surface area contributed by atoms with Crippen LogP contribution in [0.4, 0.5) is 5.82 Å². The molecule has 2 aromatic carbocycles. The summed E-state index contributed by atoms with van der Waals surface area (Å²) in [5.41, 5.74) is 3.24. The minimum absolute atomic E-state index is 0.296. The highest BCUT2D eigenvalue weighted by Crippen LogP contribution is 2.35. The molecular formula is C21H15Cl2N3O2. The number of aryl methyl sites for hydroxylation is 1. The van der Waals surface area contributed by atoms with Gasteiger partial charge in [0.2, 0.25) is 0 Å². The van der Waals surface area contributed by atoms with E-state index < -0.39 is 0 Å². The lowest BCUT2D eigenvalue weighted by Gasteiger charge is -2.15. The summed E-state index contributed by atoms with van der Waals surface area (Å²) in [4.78, 5) is 17.9. The Morgan fingerprint density at radius 1 is 1.07 bits per heavy atom. The maximum atomic E-state index is 13.1. The van der Waals surface area contributed by atoms with Crippen molar-refractivity contribution in [2.24, 2.45) is 0 Å². The molecule has 1 amide bonds. The number of hydrogen-bond donors (Lipinski definition) is 1. The van der Waals surface area contributed by atoms with Crippen molar-refractivity contribution < 1.29 is 9.32 Å². The van der Waals surface area contributed by atoms with Crippen LogP contribution in [0.1, 0.15) is 21.7 Å². The molecular weight excluding hydrogens is 397 g/mol. The predicted molar refractivity (Wildman–Crippen MR) is 111 cm³/mol. The van der Waals surface area contributed by atoms with E-state index >= 15 is 0 Å². The molecule has 4 aromatic rings. The fraction of sp³-hybridized carbons (Fsp3) is 0.0952. The first-order chi connectivity index (χ1) is 13.4. The largest absolute Gasteiger partial charge is 0.360 e. The van der Waals surface area contributed by atoms with Crippen molar-refractivity contribution in [1.29, 1.82) is 0 Å². The average molecular weight is 412 g/mol. The molecule has 0 aliphatic heterocycles. The van der Waals surface area contributed by atoms with Crippen LogP contribution >= 0.6 is 23.2 Å². The fourth-order valence-electron chi connectivity index (χ4n) is 3.15. The van der Waals surface area contributed by atoms with E-state index in [-0.39, 0.29) is 5.91 Å². The van der Waals surface area contributed by atoms with Gasteiger partial charge in [0.05, 0.1) is 21.8 Å². The minimum Gasteiger partial charge on any atom is -0.360 e. The molecule has 0 unspecified atom stereocenters. The zero-order chi connectivity index (χ0) is 19.8. The van der Waals surface area contributed by atoms with Gasteiger partial charge in [0.1, 0.15) is 5.76 Å². The van der Waals surface area contributed by atoms with Gasteiger partial charge < -0.3 is 9.84 Å². The Labute approximate surface area is 171 Å². The zero-order valence-corrected chi connectivity index (χ0v) is 16.6. The van der Waals surface area contributed by atoms with E-state index in [4.69, 9.17) is 32.7 Å². The van der Waals surface area contributed by atoms with Crippen LogP contribution < -0.4 is 5.32 Å². The molecule has 7 heteroatoms. The van der Waals surface area contributed by atoms with Crippen molar-refractivity contribution in [1.82, 2.24) is 10.1 Å². The molecule has 2 heterocycles. The molecule has 5 nitrogen and oxygen atoms in total. The normalized spacial score (nSPS) is 11.0. The van der Waals surface area contributed by atoms with Crippen LogP contribution in [0, 0.1) is 13.8 Å². The summed E-state index contributed by atoms with van der Waals surface area (Å²) in [6.07, 6.45) is 0. The van der Waals surface area contributed by atoms with E-state index in [1.807, 2.05) is 31.2 Å². The molecule has 0 saturated heterocycles. The molecule has 0 aliphatic rings. The number of pyridine rings is 1. The zero-order valence-electron chi connectivity index (χ0n) is 15.1. The van der Waals surface area contributed by atoms with Gasteiger partial charge in [0.15, 0.2) is 5.82 Å². The second kappa shape index (κ2) is 7.26. The SMILES string of the molecule is Cc1cc(NC(=O)c2c(C)c(-c3ccc(Cl)cc3Cl)nc3ccccc23)no1. The number of carbonyl (C=O) groups excluding carboxylic acids is 1. The van der Waals surface area contributed by atoms with Gasteiger partial charge in [0.25, 0.3) is 5.91 Å². The molecule has 140 valence electrons. The Morgan fingerprint density at radius 3 is 2.57 bits per heavy atom. The summed E-state index contributed by atoms with van der Waals surface area (Å²) in [5.74, 6) is 0.671. The minimum atomic E-state index is -0.296. The smallest absolute Gasteiger partial charge is 0.257 e. The third-order valence-corrected chi connectivity index (χ3v) is 4.97. The first-order valence-corrected chi connectivity index (χ1v) is 9.29. The van der Waals surface area contributed by atoms with Crippen LogP contribution in [0.2, 0.25) is 10.0 Å². The third kappa shape index (κ3) is 3.35. The number of nitrogens with zero attached hydrogens (tertiary/aromatic N) is 2. The number of benzene rings is 2. The average Bonchev–Trinajstić information content (AvgIpc) is 3.06. The molecule has 1 N–H and O–H groups in total. The monoisotopic (exact) mass is 411 g/mol. The van der Waals surface area contributed by atoms with Gasteiger partial charge in [-0.15, -0.1) is 0 Å². The van der Waals surface area contributed by atoms with Crippen LogP contribution in [-0.4, -0.2) is 16.0 Å². The Kier molecular flexibility index (Phi) is 4.79. The van der Waals surface area contributed by atoms with Crippen LogP contribution in [0.25, 0.3) is 22.2 Å². The Balaban J connectivity index is 1.91. The maximum Gasteiger partial charge on any atom is 0.257 e. The third-order valence-electron chi connectivity index (χ3n) is 4.42. The van der Waals surface area contributed by atoms with Crippen LogP contribution in [0.15, 0.2) is 53.1 Å². The summed E-state index contributed by atoms with van der Waals surface area (Å²) < 4.78 is 5.03. The number of aromatic nitrogens is 2. The standard InChI is InChI=1S/C21H15Cl2N3O2/c1-11-9-18(26-28-11)25-21(27)19-12(2)20(14-8-7-13(22)10-16(14)23)24-17-6-4-3-5-15(17)19/h3-10H,1-2H3,(H,25,26,27). The van der Waals surface area contributed by atoms with E-state index in [1.165, 1.54) is 0 Å². The number of amides is 1. The predicted octanol–water partition coefficient (Wildman–Crippen LogP) is 6.07. The van der Waals surface area contributed by atoms with E-state index in [2.05, 4.69) is 10.5 Å². The highest BCUT2D eigenvalue weighted by atomic mass is 35.5. The van der Waals surface area contributed by atoms with Crippen LogP contribution in [-0.2, 0) is 0 Å². The first-order valence-electron chi connectivity index (χ1n) is 8.53. The second-order valence-electron chi connectivity index (χ2n) is 6.38. The van der Waals surface area contributed by atoms with E-state index in [1.54, 1.807) is 31.2 Å². The van der Waals surface area contributed by atoms with Gasteiger partial charge in [0, 0.05) is 22.0 Å². The molecule has 0 aliphatic carbocycles. The van der Waals surface area contributed by atoms with Gasteiger partial charge in [-0.3, -0.25) is 4.79 Å². The van der Waals surface area contributed by atoms with Crippen molar-refractivity contribution in [3.63, 3.8) is 0 Å². The lowest BCUT2D eigenvalue weighted by Crippen LogP contribution is -2.15. The van der Waals surface area contributed by atoms with Crippen molar-refractivity contribution >= 4 is 45.8 Å². The molecule has 0 saturated carbocycles. The first kappa shape index (κ1) is 18.5. The second-order valence-corrected chi connectivity index (χ2v) is 7.22. The highest BCUT2D eigenvalue weighted by Gasteiger charge is 2.21. The van der Waals surface area contributed by atoms with Gasteiger partial charge in [-0.25, -0.2) is 4.98 Å². The van der Waals surface area contributed by atoms with Crippen molar-refractivity contribution in [3.05, 3.63) is 75.5 Å². The molecule has 0 bridgehead atoms. The number of carbonyl (C=O) groups is 1. The lowest BCUT2D eigenvalue weighted by atomic mass is 9.97. The Morgan fingerprint density at radius 2 is 1.86 bits per heavy atom.